The first-order valence-electron chi connectivity index (χ1n) is 3.14. The molecule has 6 heteroatoms. The fraction of sp³-hybridized carbons (Fsp3) is 0.500. The molecule has 0 bridgehead atoms. The van der Waals surface area contributed by atoms with E-state index >= 15 is 0 Å². The Morgan fingerprint density at radius 1 is 1.58 bits per heavy atom. The Morgan fingerprint density at radius 2 is 2.17 bits per heavy atom. The molecule has 0 spiro atoms. The van der Waals surface area contributed by atoms with Crippen molar-refractivity contribution in [1.29, 1.82) is 0 Å². The second-order valence-corrected chi connectivity index (χ2v) is 2.76. The molecular formula is C6H7ClF3N2+. The monoisotopic (exact) mass is 199 g/mol. The van der Waals surface area contributed by atoms with Gasteiger partial charge in [0, 0.05) is 0 Å². The van der Waals surface area contributed by atoms with E-state index in [1.165, 1.54) is 10.8 Å². The van der Waals surface area contributed by atoms with Gasteiger partial charge in [-0.25, -0.2) is 8.96 Å². The van der Waals surface area contributed by atoms with Gasteiger partial charge in [0.25, 0.3) is 5.63 Å². The van der Waals surface area contributed by atoms with Crippen LogP contribution < -0.4 is 4.57 Å². The van der Waals surface area contributed by atoms with Crippen LogP contribution in [0.3, 0.4) is 0 Å². The second kappa shape index (κ2) is 2.97. The number of nitrogens with zero attached hydrogens (tertiary/aromatic N) is 2. The third-order valence-electron chi connectivity index (χ3n) is 1.38. The van der Waals surface area contributed by atoms with Crippen LogP contribution in [0.15, 0.2) is 18.7 Å². The third kappa shape index (κ3) is 1.55. The second-order valence-electron chi connectivity index (χ2n) is 2.37. The van der Waals surface area contributed by atoms with Crippen molar-refractivity contribution in [2.45, 2.75) is 11.7 Å². The van der Waals surface area contributed by atoms with E-state index in [1.54, 1.807) is 7.05 Å². The summed E-state index contributed by atoms with van der Waals surface area (Å²) >= 11 is 4.67. The molecule has 0 aliphatic rings. The first kappa shape index (κ1) is 9.38. The van der Waals surface area contributed by atoms with Crippen LogP contribution in [0.1, 0.15) is 0 Å². The van der Waals surface area contributed by atoms with E-state index in [-0.39, 0.29) is 0 Å². The fourth-order valence-corrected chi connectivity index (χ4v) is 0.852. The average Bonchev–Trinajstić information content (AvgIpc) is 2.35. The van der Waals surface area contributed by atoms with Gasteiger partial charge in [0.1, 0.15) is 12.4 Å². The summed E-state index contributed by atoms with van der Waals surface area (Å²) in [4.78, 5) is 0. The SMILES string of the molecule is C[n+]1ccn(C(F)(F)[C@@H](F)Cl)c1. The maximum Gasteiger partial charge on any atom is 0.443 e. The highest BCUT2D eigenvalue weighted by atomic mass is 35.5. The van der Waals surface area contributed by atoms with E-state index in [0.717, 1.165) is 12.5 Å². The number of alkyl halides is 4. The lowest BCUT2D eigenvalue weighted by atomic mass is 10.6. The van der Waals surface area contributed by atoms with Gasteiger partial charge in [-0.15, -0.1) is 0 Å². The smallest absolute Gasteiger partial charge is 0.239 e. The zero-order valence-corrected chi connectivity index (χ0v) is 6.97. The number of aryl methyl sites for hydroxylation is 1. The molecule has 0 radical (unpaired) electrons. The fourth-order valence-electron chi connectivity index (χ4n) is 0.739. The van der Waals surface area contributed by atoms with Gasteiger partial charge in [-0.1, -0.05) is 11.6 Å². The Hall–Kier alpha value is -0.710. The van der Waals surface area contributed by atoms with Gasteiger partial charge in [-0.05, 0) is 0 Å². The van der Waals surface area contributed by atoms with Crippen molar-refractivity contribution in [2.75, 3.05) is 0 Å². The summed E-state index contributed by atoms with van der Waals surface area (Å²) in [5.41, 5.74) is -2.72. The molecule has 68 valence electrons. The molecule has 1 aromatic rings. The lowest BCUT2D eigenvalue weighted by Gasteiger charge is -2.10. The Labute approximate surface area is 72.2 Å². The molecule has 0 saturated heterocycles. The van der Waals surface area contributed by atoms with Crippen LogP contribution >= 0.6 is 11.6 Å². The quantitative estimate of drug-likeness (QED) is 0.503. The van der Waals surface area contributed by atoms with Gasteiger partial charge in [0.2, 0.25) is 6.33 Å². The Morgan fingerprint density at radius 3 is 2.50 bits per heavy atom. The van der Waals surface area contributed by atoms with Gasteiger partial charge in [0.05, 0.1) is 7.05 Å². The number of aromatic nitrogens is 2. The summed E-state index contributed by atoms with van der Waals surface area (Å²) in [5.74, 6) is 0. The van der Waals surface area contributed by atoms with E-state index < -0.39 is 11.7 Å². The van der Waals surface area contributed by atoms with Crippen molar-refractivity contribution in [1.82, 2.24) is 4.57 Å². The molecule has 0 fully saturated rings. The highest BCUT2D eigenvalue weighted by Crippen LogP contribution is 2.29. The Bertz CT molecular complexity index is 272. The number of imidazole rings is 1. The predicted octanol–water partition coefficient (Wildman–Crippen LogP) is 1.40. The molecule has 0 aliphatic heterocycles. The van der Waals surface area contributed by atoms with Crippen molar-refractivity contribution in [2.24, 2.45) is 7.05 Å². The first-order chi connectivity index (χ1) is 5.44. The lowest BCUT2D eigenvalue weighted by molar-refractivity contribution is -0.671. The van der Waals surface area contributed by atoms with Crippen LogP contribution in [0.5, 0.6) is 0 Å². The minimum atomic E-state index is -3.69. The molecule has 0 saturated carbocycles. The van der Waals surface area contributed by atoms with Crippen LogP contribution in [0.4, 0.5) is 13.2 Å². The Balaban J connectivity index is 2.97. The van der Waals surface area contributed by atoms with Gasteiger partial charge >= 0.3 is 6.05 Å². The van der Waals surface area contributed by atoms with Crippen LogP contribution in [-0.2, 0) is 13.1 Å². The summed E-state index contributed by atoms with van der Waals surface area (Å²) in [6.07, 6.45) is 3.47. The van der Waals surface area contributed by atoms with Crippen molar-refractivity contribution in [3.63, 3.8) is 0 Å². The molecule has 0 aliphatic carbocycles. The molecule has 1 atom stereocenters. The molecular weight excluding hydrogens is 193 g/mol. The van der Waals surface area contributed by atoms with Crippen molar-refractivity contribution in [3.05, 3.63) is 18.7 Å². The number of hydrogen-bond donors (Lipinski definition) is 0. The largest absolute Gasteiger partial charge is 0.443 e. The number of hydrogen-bond acceptors (Lipinski definition) is 0. The molecule has 0 unspecified atom stereocenters. The van der Waals surface area contributed by atoms with E-state index in [0.29, 0.717) is 4.57 Å². The topological polar surface area (TPSA) is 8.81 Å². The molecule has 1 aromatic heterocycles. The molecule has 0 N–H and O–H groups in total. The van der Waals surface area contributed by atoms with E-state index in [2.05, 4.69) is 11.6 Å². The first-order valence-corrected chi connectivity index (χ1v) is 3.58. The van der Waals surface area contributed by atoms with Crippen LogP contribution in [0.2, 0.25) is 0 Å². The molecule has 12 heavy (non-hydrogen) atoms. The third-order valence-corrected chi connectivity index (χ3v) is 1.64. The van der Waals surface area contributed by atoms with Gasteiger partial charge < -0.3 is 0 Å². The number of rotatable bonds is 2. The van der Waals surface area contributed by atoms with Gasteiger partial charge in [-0.2, -0.15) is 13.3 Å². The van der Waals surface area contributed by atoms with Gasteiger partial charge in [0.15, 0.2) is 0 Å². The lowest BCUT2D eigenvalue weighted by Crippen LogP contribution is -2.32. The minimum Gasteiger partial charge on any atom is -0.239 e. The van der Waals surface area contributed by atoms with Gasteiger partial charge in [-0.3, -0.25) is 0 Å². The van der Waals surface area contributed by atoms with E-state index in [1.807, 2.05) is 0 Å². The maximum atomic E-state index is 12.7. The molecule has 0 amide bonds. The van der Waals surface area contributed by atoms with E-state index in [4.69, 9.17) is 0 Å². The normalized spacial score (nSPS) is 14.8. The summed E-state index contributed by atoms with van der Waals surface area (Å²) < 4.78 is 39.4. The molecule has 1 heterocycles. The summed E-state index contributed by atoms with van der Waals surface area (Å²) in [5, 5.41) is 0. The average molecular weight is 200 g/mol. The van der Waals surface area contributed by atoms with Crippen molar-refractivity contribution >= 4 is 11.6 Å². The predicted molar refractivity (Wildman–Crippen MR) is 36.5 cm³/mol. The summed E-state index contributed by atoms with van der Waals surface area (Å²) in [6, 6.07) is -3.69. The molecule has 2 nitrogen and oxygen atoms in total. The Kier molecular flexibility index (Phi) is 2.32. The zero-order chi connectivity index (χ0) is 9.35. The highest BCUT2D eigenvalue weighted by Gasteiger charge is 2.46. The molecule has 0 aromatic carbocycles. The zero-order valence-electron chi connectivity index (χ0n) is 6.22. The van der Waals surface area contributed by atoms with Crippen molar-refractivity contribution in [3.8, 4) is 0 Å². The van der Waals surface area contributed by atoms with Crippen LogP contribution in [-0.4, -0.2) is 10.2 Å². The minimum absolute atomic E-state index is 0.421. The van der Waals surface area contributed by atoms with Crippen LogP contribution in [0.25, 0.3) is 0 Å². The standard InChI is InChI=1S/C6H7ClF3N2/c1-11-2-3-12(4-11)6(9,10)5(7)8/h2-5H,1H3/q+1/t5-/m1/s1. The highest BCUT2D eigenvalue weighted by molar-refractivity contribution is 6.20. The summed E-state index contributed by atoms with van der Waals surface area (Å²) in [6.45, 7) is 0. The maximum absolute atomic E-state index is 12.7. The van der Waals surface area contributed by atoms with E-state index in [9.17, 15) is 13.2 Å². The summed E-state index contributed by atoms with van der Waals surface area (Å²) in [7, 11) is 1.55. The number of halogens is 4. The molecule has 1 rings (SSSR count). The van der Waals surface area contributed by atoms with Crippen molar-refractivity contribution < 1.29 is 17.7 Å². The van der Waals surface area contributed by atoms with Crippen LogP contribution in [0, 0.1) is 0 Å².